The van der Waals surface area contributed by atoms with Gasteiger partial charge in [0.15, 0.2) is 0 Å². The van der Waals surface area contributed by atoms with Crippen LogP contribution in [0.3, 0.4) is 0 Å². The fraction of sp³-hybridized carbons (Fsp3) is 0.700. The highest BCUT2D eigenvalue weighted by atomic mass is 19.1. The molecular weight excluding hydrogens is 412 g/mol. The van der Waals surface area contributed by atoms with E-state index in [1.54, 1.807) is 6.07 Å². The molecule has 0 amide bonds. The Morgan fingerprint density at radius 3 is 1.94 bits per heavy atom. The lowest BCUT2D eigenvalue weighted by Gasteiger charge is -2.31. The standard InChI is InChI=1S/C30H43F2N/c1-2-3-4-5-6-7-23-8-10-24(11-9-23)12-13-25-14-16-26(17-15-25)18-19-27-20-29(31)28(22-33)30(32)21-27/h6-7,20-21,23-26H,2-5,8-19H2,1H3/b7-6+. The number of rotatable bonds is 11. The molecule has 0 bridgehead atoms. The maximum Gasteiger partial charge on any atom is 0.144 e. The number of nitriles is 1. The van der Waals surface area contributed by atoms with Crippen LogP contribution in [0.15, 0.2) is 24.3 Å². The largest absolute Gasteiger partial charge is 0.205 e. The van der Waals surface area contributed by atoms with Crippen molar-refractivity contribution in [2.75, 3.05) is 0 Å². The average Bonchev–Trinajstić information content (AvgIpc) is 2.82. The number of nitrogens with zero attached hydrogens (tertiary/aromatic N) is 1. The summed E-state index contributed by atoms with van der Waals surface area (Å²) in [5.74, 6) is 1.86. The third kappa shape index (κ3) is 8.55. The first-order valence-electron chi connectivity index (χ1n) is 13.6. The van der Waals surface area contributed by atoms with Crippen LogP contribution in [0.2, 0.25) is 0 Å². The van der Waals surface area contributed by atoms with Gasteiger partial charge in [0.2, 0.25) is 0 Å². The van der Waals surface area contributed by atoms with Crippen LogP contribution in [-0.2, 0) is 6.42 Å². The van der Waals surface area contributed by atoms with Crippen molar-refractivity contribution in [3.05, 3.63) is 47.0 Å². The summed E-state index contributed by atoms with van der Waals surface area (Å²) < 4.78 is 27.6. The van der Waals surface area contributed by atoms with Crippen molar-refractivity contribution in [2.24, 2.45) is 23.7 Å². The number of unbranched alkanes of at least 4 members (excludes halogenated alkanes) is 3. The lowest BCUT2D eigenvalue weighted by Crippen LogP contribution is -2.18. The first kappa shape index (κ1) is 25.9. The third-order valence-electron chi connectivity index (χ3n) is 8.28. The van der Waals surface area contributed by atoms with E-state index in [0.717, 1.165) is 24.2 Å². The summed E-state index contributed by atoms with van der Waals surface area (Å²) in [4.78, 5) is 0. The van der Waals surface area contributed by atoms with Crippen LogP contribution in [-0.4, -0.2) is 0 Å². The molecule has 2 aliphatic rings. The van der Waals surface area contributed by atoms with Gasteiger partial charge in [-0.05, 0) is 92.7 Å². The highest BCUT2D eigenvalue weighted by molar-refractivity contribution is 5.35. The molecule has 1 aromatic carbocycles. The molecular formula is C30H43F2N. The van der Waals surface area contributed by atoms with E-state index in [0.29, 0.717) is 17.9 Å². The van der Waals surface area contributed by atoms with Crippen LogP contribution in [0, 0.1) is 46.6 Å². The Hall–Kier alpha value is -1.69. The maximum absolute atomic E-state index is 13.8. The van der Waals surface area contributed by atoms with E-state index in [4.69, 9.17) is 5.26 Å². The number of halogens is 2. The van der Waals surface area contributed by atoms with Crippen LogP contribution >= 0.6 is 0 Å². The highest BCUT2D eigenvalue weighted by Gasteiger charge is 2.24. The Bertz CT molecular complexity index is 754. The van der Waals surface area contributed by atoms with Gasteiger partial charge in [0.25, 0.3) is 0 Å². The molecule has 2 saturated carbocycles. The lowest BCUT2D eigenvalue weighted by molar-refractivity contribution is 0.221. The Balaban J connectivity index is 1.28. The van der Waals surface area contributed by atoms with Crippen molar-refractivity contribution in [2.45, 2.75) is 110 Å². The minimum absolute atomic E-state index is 0.466. The summed E-state index contributed by atoms with van der Waals surface area (Å²) in [5, 5.41) is 8.81. The summed E-state index contributed by atoms with van der Waals surface area (Å²) in [6, 6.07) is 4.27. The molecule has 0 atom stereocenters. The van der Waals surface area contributed by atoms with Crippen molar-refractivity contribution in [1.82, 2.24) is 0 Å². The Kier molecular flexibility index (Phi) is 10.9. The zero-order valence-corrected chi connectivity index (χ0v) is 20.6. The molecule has 1 aromatic rings. The van der Waals surface area contributed by atoms with Crippen LogP contribution in [0.5, 0.6) is 0 Å². The summed E-state index contributed by atoms with van der Waals surface area (Å²) in [5.41, 5.74) is 0.212. The number of hydrogen-bond donors (Lipinski definition) is 0. The summed E-state index contributed by atoms with van der Waals surface area (Å²) in [6.45, 7) is 2.27. The quantitative estimate of drug-likeness (QED) is 0.241. The van der Waals surface area contributed by atoms with Crippen molar-refractivity contribution in [3.63, 3.8) is 0 Å². The molecule has 33 heavy (non-hydrogen) atoms. The smallest absolute Gasteiger partial charge is 0.144 e. The molecule has 0 heterocycles. The van der Waals surface area contributed by atoms with E-state index < -0.39 is 17.2 Å². The van der Waals surface area contributed by atoms with Crippen molar-refractivity contribution >= 4 is 0 Å². The van der Waals surface area contributed by atoms with Crippen LogP contribution in [0.25, 0.3) is 0 Å². The Labute approximate surface area is 200 Å². The molecule has 3 heteroatoms. The van der Waals surface area contributed by atoms with E-state index >= 15 is 0 Å². The molecule has 1 nitrogen and oxygen atoms in total. The minimum Gasteiger partial charge on any atom is -0.205 e. The van der Waals surface area contributed by atoms with Gasteiger partial charge in [-0.25, -0.2) is 8.78 Å². The van der Waals surface area contributed by atoms with Crippen LogP contribution < -0.4 is 0 Å². The van der Waals surface area contributed by atoms with Gasteiger partial charge in [-0.1, -0.05) is 70.4 Å². The second-order valence-electron chi connectivity index (χ2n) is 10.8. The Morgan fingerprint density at radius 1 is 0.848 bits per heavy atom. The molecule has 0 spiro atoms. The van der Waals surface area contributed by atoms with Crippen molar-refractivity contribution in [3.8, 4) is 6.07 Å². The second kappa shape index (κ2) is 13.9. The molecule has 2 aliphatic carbocycles. The van der Waals surface area contributed by atoms with Gasteiger partial charge >= 0.3 is 0 Å². The highest BCUT2D eigenvalue weighted by Crippen LogP contribution is 2.38. The predicted molar refractivity (Wildman–Crippen MR) is 133 cm³/mol. The Morgan fingerprint density at radius 2 is 1.39 bits per heavy atom. The summed E-state index contributed by atoms with van der Waals surface area (Å²) in [6.07, 6.45) is 25.4. The second-order valence-corrected chi connectivity index (χ2v) is 10.8. The minimum atomic E-state index is -0.728. The van der Waals surface area contributed by atoms with Gasteiger partial charge in [-0.15, -0.1) is 0 Å². The monoisotopic (exact) mass is 455 g/mol. The summed E-state index contributed by atoms with van der Waals surface area (Å²) in [7, 11) is 0. The zero-order chi connectivity index (χ0) is 23.5. The molecule has 2 fully saturated rings. The predicted octanol–water partition coefficient (Wildman–Crippen LogP) is 9.30. The third-order valence-corrected chi connectivity index (χ3v) is 8.28. The normalized spacial score (nSPS) is 25.9. The molecule has 0 aromatic heterocycles. The molecule has 0 aliphatic heterocycles. The lowest BCUT2D eigenvalue weighted by atomic mass is 9.74. The number of aryl methyl sites for hydroxylation is 1. The number of benzene rings is 1. The SMILES string of the molecule is CCCCC/C=C/C1CCC(CCC2CCC(CCc3cc(F)c(C#N)c(F)c3)CC2)CC1. The molecule has 0 unspecified atom stereocenters. The van der Waals surface area contributed by atoms with Crippen molar-refractivity contribution in [1.29, 1.82) is 5.26 Å². The fourth-order valence-electron chi connectivity index (χ4n) is 6.00. The van der Waals surface area contributed by atoms with Crippen LogP contribution in [0.4, 0.5) is 8.78 Å². The van der Waals surface area contributed by atoms with E-state index in [-0.39, 0.29) is 0 Å². The van der Waals surface area contributed by atoms with Gasteiger partial charge in [0.1, 0.15) is 23.3 Å². The van der Waals surface area contributed by atoms with Gasteiger partial charge in [0, 0.05) is 0 Å². The first-order chi connectivity index (χ1) is 16.1. The molecule has 3 rings (SSSR count). The maximum atomic E-state index is 13.8. The van der Waals surface area contributed by atoms with Crippen LogP contribution in [0.1, 0.15) is 114 Å². The molecule has 0 radical (unpaired) electrons. The average molecular weight is 456 g/mol. The van der Waals surface area contributed by atoms with Gasteiger partial charge < -0.3 is 0 Å². The molecule has 182 valence electrons. The van der Waals surface area contributed by atoms with E-state index in [1.807, 2.05) is 0 Å². The van der Waals surface area contributed by atoms with Crippen molar-refractivity contribution < 1.29 is 8.78 Å². The van der Waals surface area contributed by atoms with E-state index in [9.17, 15) is 8.78 Å². The summed E-state index contributed by atoms with van der Waals surface area (Å²) >= 11 is 0. The van der Waals surface area contributed by atoms with Gasteiger partial charge in [0.05, 0.1) is 0 Å². The van der Waals surface area contributed by atoms with Gasteiger partial charge in [-0.3, -0.25) is 0 Å². The fourth-order valence-corrected chi connectivity index (χ4v) is 6.00. The topological polar surface area (TPSA) is 23.8 Å². The van der Waals surface area contributed by atoms with E-state index in [1.165, 1.54) is 102 Å². The number of hydrogen-bond acceptors (Lipinski definition) is 1. The zero-order valence-electron chi connectivity index (χ0n) is 20.6. The number of allylic oxidation sites excluding steroid dienone is 2. The first-order valence-corrected chi connectivity index (χ1v) is 13.6. The molecule has 0 N–H and O–H groups in total. The molecule has 0 saturated heterocycles. The van der Waals surface area contributed by atoms with Gasteiger partial charge in [-0.2, -0.15) is 5.26 Å². The van der Waals surface area contributed by atoms with E-state index in [2.05, 4.69) is 19.1 Å².